The van der Waals surface area contributed by atoms with Gasteiger partial charge in [0.05, 0.1) is 5.76 Å². The van der Waals surface area contributed by atoms with Crippen LogP contribution in [0.5, 0.6) is 0 Å². The zero-order chi connectivity index (χ0) is 29.4. The first-order chi connectivity index (χ1) is 19.1. The largest absolute Gasteiger partial charge is 0.512 e. The van der Waals surface area contributed by atoms with Crippen LogP contribution in [-0.2, 0) is 31.3 Å². The van der Waals surface area contributed by atoms with Crippen LogP contribution in [0.3, 0.4) is 0 Å². The minimum absolute atomic E-state index is 0. The molecule has 1 radical (unpaired) electrons. The molecule has 3 heterocycles. The van der Waals surface area contributed by atoms with Crippen molar-refractivity contribution in [1.82, 2.24) is 9.97 Å². The first-order valence-electron chi connectivity index (χ1n) is 14.7. The fraction of sp³-hybridized carbons (Fsp3) is 0.457. The average Bonchev–Trinajstić information content (AvgIpc) is 3.27. The third kappa shape index (κ3) is 9.04. The van der Waals surface area contributed by atoms with Crippen LogP contribution in [-0.4, -0.2) is 20.9 Å². The third-order valence-corrected chi connectivity index (χ3v) is 8.54. The van der Waals surface area contributed by atoms with Gasteiger partial charge in [-0.3, -0.25) is 4.79 Å². The second-order valence-corrected chi connectivity index (χ2v) is 12.1. The number of aromatic nitrogens is 2. The van der Waals surface area contributed by atoms with Gasteiger partial charge in [-0.1, -0.05) is 55.4 Å². The summed E-state index contributed by atoms with van der Waals surface area (Å²) in [6.07, 6.45) is 7.82. The predicted octanol–water partition coefficient (Wildman–Crippen LogP) is 9.99. The summed E-state index contributed by atoms with van der Waals surface area (Å²) in [5, 5.41) is 12.2. The molecule has 1 aromatic carbocycles. The molecular formula is C35H45IrN2O2S-. The summed E-state index contributed by atoms with van der Waals surface area (Å²) in [6, 6.07) is 14.3. The van der Waals surface area contributed by atoms with Crippen molar-refractivity contribution < 1.29 is 30.0 Å². The molecule has 4 aromatic rings. The third-order valence-electron chi connectivity index (χ3n) is 7.41. The molecular weight excluding hydrogens is 705 g/mol. The van der Waals surface area contributed by atoms with E-state index < -0.39 is 0 Å². The maximum Gasteiger partial charge on any atom is 0.162 e. The van der Waals surface area contributed by atoms with Gasteiger partial charge in [-0.15, -0.1) is 46.2 Å². The van der Waals surface area contributed by atoms with Gasteiger partial charge in [0.2, 0.25) is 0 Å². The molecule has 1 N–H and O–H groups in total. The number of hydrogen-bond acceptors (Lipinski definition) is 5. The zero-order valence-electron chi connectivity index (χ0n) is 25.8. The Balaban J connectivity index is 0.000000320. The molecule has 41 heavy (non-hydrogen) atoms. The number of aliphatic hydroxyl groups is 1. The number of carbonyl (C=O) groups is 1. The molecule has 0 spiro atoms. The smallest absolute Gasteiger partial charge is 0.162 e. The Labute approximate surface area is 264 Å². The van der Waals surface area contributed by atoms with Crippen molar-refractivity contribution in [2.45, 2.75) is 87.5 Å². The van der Waals surface area contributed by atoms with E-state index in [0.717, 1.165) is 53.8 Å². The van der Waals surface area contributed by atoms with Crippen LogP contribution in [0.15, 0.2) is 48.4 Å². The number of ketones is 1. The number of aliphatic hydroxyl groups excluding tert-OH is 1. The van der Waals surface area contributed by atoms with Gasteiger partial charge in [0.1, 0.15) is 4.83 Å². The van der Waals surface area contributed by atoms with E-state index in [9.17, 15) is 9.90 Å². The number of nitrogens with zero attached hydrogens (tertiary/aromatic N) is 2. The van der Waals surface area contributed by atoms with Crippen LogP contribution in [0.1, 0.15) is 84.0 Å². The van der Waals surface area contributed by atoms with Crippen LogP contribution in [0, 0.1) is 37.7 Å². The molecule has 0 amide bonds. The van der Waals surface area contributed by atoms with Gasteiger partial charge in [-0.2, -0.15) is 0 Å². The van der Waals surface area contributed by atoms with E-state index in [4.69, 9.17) is 4.98 Å². The minimum atomic E-state index is 0. The van der Waals surface area contributed by atoms with E-state index in [0.29, 0.717) is 5.92 Å². The number of rotatable bonds is 10. The van der Waals surface area contributed by atoms with Crippen molar-refractivity contribution in [3.05, 3.63) is 71.3 Å². The molecule has 0 saturated carbocycles. The molecule has 4 nitrogen and oxygen atoms in total. The van der Waals surface area contributed by atoms with Crippen LogP contribution in [0.2, 0.25) is 0 Å². The van der Waals surface area contributed by atoms with E-state index in [1.807, 2.05) is 33.9 Å². The normalized spacial score (nSPS) is 11.7. The Bertz CT molecular complexity index is 1450. The Morgan fingerprint density at radius 3 is 2.22 bits per heavy atom. The maximum atomic E-state index is 11.7. The number of fused-ring (bicyclic) bond motifs is 3. The minimum Gasteiger partial charge on any atom is -0.512 e. The summed E-state index contributed by atoms with van der Waals surface area (Å²) in [4.78, 5) is 22.4. The second kappa shape index (κ2) is 16.3. The molecule has 223 valence electrons. The van der Waals surface area contributed by atoms with Crippen molar-refractivity contribution >= 4 is 37.4 Å². The summed E-state index contributed by atoms with van der Waals surface area (Å²) in [7, 11) is 0. The van der Waals surface area contributed by atoms with Gasteiger partial charge in [-0.05, 0) is 61.6 Å². The van der Waals surface area contributed by atoms with Crippen molar-refractivity contribution in [2.24, 2.45) is 17.8 Å². The molecule has 6 heteroatoms. The molecule has 0 saturated heterocycles. The van der Waals surface area contributed by atoms with E-state index in [-0.39, 0.29) is 43.5 Å². The van der Waals surface area contributed by atoms with E-state index in [2.05, 4.69) is 69.1 Å². The van der Waals surface area contributed by atoms with Gasteiger partial charge in [0.25, 0.3) is 0 Å². The average molecular weight is 750 g/mol. The molecule has 0 unspecified atom stereocenters. The van der Waals surface area contributed by atoms with Crippen LogP contribution in [0.4, 0.5) is 0 Å². The maximum absolute atomic E-state index is 11.7. The summed E-state index contributed by atoms with van der Waals surface area (Å²) >= 11 is 1.74. The van der Waals surface area contributed by atoms with Crippen LogP contribution >= 0.6 is 11.3 Å². The van der Waals surface area contributed by atoms with Gasteiger partial charge in [-0.25, -0.2) is 4.98 Å². The van der Waals surface area contributed by atoms with Crippen molar-refractivity contribution in [2.75, 3.05) is 0 Å². The fourth-order valence-electron chi connectivity index (χ4n) is 5.15. The summed E-state index contributed by atoms with van der Waals surface area (Å²) < 4.78 is 1.20. The van der Waals surface area contributed by atoms with Gasteiger partial charge < -0.3 is 10.1 Å². The Morgan fingerprint density at radius 2 is 1.63 bits per heavy atom. The van der Waals surface area contributed by atoms with Crippen LogP contribution < -0.4 is 0 Å². The number of aryl methyl sites for hydroxylation is 2. The number of benzene rings is 1. The van der Waals surface area contributed by atoms with E-state index >= 15 is 0 Å². The number of carbonyl (C=O) groups excluding carboxylic acids is 1. The standard InChI is InChI=1S/C22H21N2S.C13H24O2.Ir/c1-13(2)9-17-5-6-19-18-7-8-23-20(21(18)25-22(19)24-17)16-11-14(3)10-15(4)12-16;1-5-10(6-2)12(14)9-13(15)11(7-3)8-4;/h5-8,10-11,13H,9H2,1-4H3;9-11,14H,5-8H2,1-4H3;/q-1;;/b;12-9-;. The Morgan fingerprint density at radius 1 is 0.976 bits per heavy atom. The van der Waals surface area contributed by atoms with Gasteiger partial charge in [0.15, 0.2) is 5.78 Å². The second-order valence-electron chi connectivity index (χ2n) is 11.1. The SMILES string of the molecule is CCC(CC)C(=O)/C=C(\O)C(CC)CC.Cc1[c-]c(-c2nccc3c2sc2nc(CC(C)C)ccc23)cc(C)c1.[Ir]. The Kier molecular flexibility index (Phi) is 13.8. The molecule has 0 atom stereocenters. The van der Waals surface area contributed by atoms with Gasteiger partial charge in [0, 0.05) is 65.7 Å². The number of hydrogen-bond donors (Lipinski definition) is 1. The summed E-state index contributed by atoms with van der Waals surface area (Å²) in [6.45, 7) is 16.7. The summed E-state index contributed by atoms with van der Waals surface area (Å²) in [5.41, 5.74) is 5.63. The zero-order valence-corrected chi connectivity index (χ0v) is 29.0. The number of thiophene rings is 1. The molecule has 4 rings (SSSR count). The molecule has 0 fully saturated rings. The van der Waals surface area contributed by atoms with E-state index in [1.54, 1.807) is 11.3 Å². The molecule has 0 aliphatic rings. The molecule has 0 aliphatic heterocycles. The summed E-state index contributed by atoms with van der Waals surface area (Å²) in [5.74, 6) is 1.16. The molecule has 0 aliphatic carbocycles. The first kappa shape index (κ1) is 34.8. The van der Waals surface area contributed by atoms with Crippen molar-refractivity contribution in [1.29, 1.82) is 0 Å². The van der Waals surface area contributed by atoms with Gasteiger partial charge >= 0.3 is 0 Å². The molecule has 0 bridgehead atoms. The first-order valence-corrected chi connectivity index (χ1v) is 15.6. The monoisotopic (exact) mass is 750 g/mol. The predicted molar refractivity (Wildman–Crippen MR) is 171 cm³/mol. The fourth-order valence-corrected chi connectivity index (χ4v) is 6.34. The number of pyridine rings is 2. The Hall–Kier alpha value is -2.40. The number of allylic oxidation sites excluding steroid dienone is 2. The topological polar surface area (TPSA) is 63.1 Å². The van der Waals surface area contributed by atoms with Crippen LogP contribution in [0.25, 0.3) is 31.6 Å². The quantitative estimate of drug-likeness (QED) is 0.0997. The van der Waals surface area contributed by atoms with E-state index in [1.165, 1.54) is 32.8 Å². The van der Waals surface area contributed by atoms with Crippen molar-refractivity contribution in [3.8, 4) is 11.3 Å². The van der Waals surface area contributed by atoms with Crippen molar-refractivity contribution in [3.63, 3.8) is 0 Å². The molecule has 3 aromatic heterocycles.